The minimum absolute atomic E-state index is 0.853. The Morgan fingerprint density at radius 2 is 1.89 bits per heavy atom. The Morgan fingerprint density at radius 3 is 2.44 bits per heavy atom. The molecule has 18 heavy (non-hydrogen) atoms. The predicted octanol–water partition coefficient (Wildman–Crippen LogP) is 0.776. The zero-order valence-corrected chi connectivity index (χ0v) is 12.0. The molecule has 0 unspecified atom stereocenters. The van der Waals surface area contributed by atoms with Crippen LogP contribution in [0.5, 0.6) is 0 Å². The van der Waals surface area contributed by atoms with Gasteiger partial charge in [0.2, 0.25) is 0 Å². The van der Waals surface area contributed by atoms with Gasteiger partial charge in [0, 0.05) is 5.69 Å². The average molecular weight is 264 g/mol. The van der Waals surface area contributed by atoms with Crippen LogP contribution in [0.1, 0.15) is 12.5 Å². The molecule has 0 atom stereocenters. The van der Waals surface area contributed by atoms with Gasteiger partial charge in [-0.1, -0.05) is 19.1 Å². The molecule has 0 aliphatic carbocycles. The summed E-state index contributed by atoms with van der Waals surface area (Å²) in [7, 11) is 2.23. The van der Waals surface area contributed by atoms with Crippen molar-refractivity contribution in [3.63, 3.8) is 0 Å². The van der Waals surface area contributed by atoms with Crippen molar-refractivity contribution in [3.8, 4) is 0 Å². The van der Waals surface area contributed by atoms with Crippen LogP contribution in [0.3, 0.4) is 0 Å². The topological polar surface area (TPSA) is 19.7 Å². The number of hydrogen-bond donors (Lipinski definition) is 2. The fourth-order valence-corrected chi connectivity index (χ4v) is 2.42. The number of quaternary nitrogens is 1. The van der Waals surface area contributed by atoms with Crippen LogP contribution in [0.15, 0.2) is 24.3 Å². The largest absolute Gasteiger partial charge is 0.338 e. The van der Waals surface area contributed by atoms with Gasteiger partial charge < -0.3 is 15.1 Å². The molecule has 0 amide bonds. The maximum atomic E-state index is 5.46. The molecule has 3 nitrogen and oxygen atoms in total. The van der Waals surface area contributed by atoms with Gasteiger partial charge in [-0.2, -0.15) is 0 Å². The Hall–Kier alpha value is -1.13. The van der Waals surface area contributed by atoms with Gasteiger partial charge in [-0.15, -0.1) is 0 Å². The fraction of sp³-hybridized carbons (Fsp3) is 0.500. The highest BCUT2D eigenvalue weighted by molar-refractivity contribution is 7.80. The summed E-state index contributed by atoms with van der Waals surface area (Å²) in [5.74, 6) is 0. The van der Waals surface area contributed by atoms with E-state index in [1.54, 1.807) is 4.90 Å². The van der Waals surface area contributed by atoms with E-state index in [4.69, 9.17) is 12.2 Å². The fourth-order valence-electron chi connectivity index (χ4n) is 2.12. The lowest BCUT2D eigenvalue weighted by atomic mass is 10.1. The van der Waals surface area contributed by atoms with Crippen molar-refractivity contribution in [2.24, 2.45) is 0 Å². The standard InChI is InChI=1S/C14H21N3S/c1-3-12-4-6-13(7-5-12)15-14(18)17-10-8-16(2)9-11-17/h4-7H,3,8-11H2,1-2H3,(H,15,18)/p+1. The first-order valence-corrected chi connectivity index (χ1v) is 7.06. The van der Waals surface area contributed by atoms with E-state index in [0.717, 1.165) is 43.4 Å². The first kappa shape index (κ1) is 13.3. The minimum atomic E-state index is 0.853. The normalized spacial score (nSPS) is 16.7. The van der Waals surface area contributed by atoms with Crippen molar-refractivity contribution in [2.45, 2.75) is 13.3 Å². The smallest absolute Gasteiger partial charge is 0.173 e. The molecule has 0 aromatic heterocycles. The quantitative estimate of drug-likeness (QED) is 0.770. The number of hydrogen-bond acceptors (Lipinski definition) is 1. The molecule has 0 saturated carbocycles. The molecule has 2 N–H and O–H groups in total. The second-order valence-corrected chi connectivity index (χ2v) is 5.31. The summed E-state index contributed by atoms with van der Waals surface area (Å²) in [6.07, 6.45) is 1.08. The monoisotopic (exact) mass is 264 g/mol. The van der Waals surface area contributed by atoms with Crippen molar-refractivity contribution < 1.29 is 4.90 Å². The average Bonchev–Trinajstić information content (AvgIpc) is 2.40. The number of nitrogens with zero attached hydrogens (tertiary/aromatic N) is 1. The zero-order valence-electron chi connectivity index (χ0n) is 11.2. The van der Waals surface area contributed by atoms with Gasteiger partial charge in [0.15, 0.2) is 5.11 Å². The molecule has 1 aromatic rings. The Kier molecular flexibility index (Phi) is 4.55. The van der Waals surface area contributed by atoms with Crippen LogP contribution in [0.25, 0.3) is 0 Å². The van der Waals surface area contributed by atoms with Gasteiger partial charge in [0.05, 0.1) is 33.2 Å². The van der Waals surface area contributed by atoms with Crippen LogP contribution in [0.4, 0.5) is 5.69 Å². The first-order valence-electron chi connectivity index (χ1n) is 6.65. The third kappa shape index (κ3) is 3.43. The maximum Gasteiger partial charge on any atom is 0.173 e. The number of anilines is 1. The molecule has 0 spiro atoms. The Labute approximate surface area is 115 Å². The zero-order chi connectivity index (χ0) is 13.0. The van der Waals surface area contributed by atoms with Crippen LogP contribution in [0, 0.1) is 0 Å². The lowest BCUT2D eigenvalue weighted by Gasteiger charge is -2.32. The number of aryl methyl sites for hydroxylation is 1. The van der Waals surface area contributed by atoms with E-state index in [1.807, 2.05) is 0 Å². The molecule has 2 rings (SSSR count). The summed E-state index contributed by atoms with van der Waals surface area (Å²) in [4.78, 5) is 3.84. The second-order valence-electron chi connectivity index (χ2n) is 4.92. The van der Waals surface area contributed by atoms with Crippen molar-refractivity contribution in [1.82, 2.24) is 4.90 Å². The number of thiocarbonyl (C=S) groups is 1. The number of likely N-dealkylation sites (N-methyl/N-ethyl adjacent to an activating group) is 1. The van der Waals surface area contributed by atoms with Crippen molar-refractivity contribution in [3.05, 3.63) is 29.8 Å². The van der Waals surface area contributed by atoms with E-state index >= 15 is 0 Å². The number of nitrogens with one attached hydrogen (secondary N) is 2. The summed E-state index contributed by atoms with van der Waals surface area (Å²) < 4.78 is 0. The third-order valence-electron chi connectivity index (χ3n) is 3.52. The number of benzene rings is 1. The highest BCUT2D eigenvalue weighted by Gasteiger charge is 2.18. The van der Waals surface area contributed by atoms with Gasteiger partial charge in [-0.3, -0.25) is 0 Å². The molecule has 1 aliphatic heterocycles. The van der Waals surface area contributed by atoms with Crippen LogP contribution < -0.4 is 10.2 Å². The van der Waals surface area contributed by atoms with Crippen molar-refractivity contribution >= 4 is 23.0 Å². The molecule has 1 aliphatic rings. The van der Waals surface area contributed by atoms with Crippen LogP contribution in [-0.2, 0) is 6.42 Å². The molecule has 1 aromatic carbocycles. The third-order valence-corrected chi connectivity index (χ3v) is 3.88. The van der Waals surface area contributed by atoms with Gasteiger partial charge in [-0.25, -0.2) is 0 Å². The van der Waals surface area contributed by atoms with Crippen LogP contribution in [-0.4, -0.2) is 43.2 Å². The van der Waals surface area contributed by atoms with Gasteiger partial charge >= 0.3 is 0 Å². The number of rotatable bonds is 2. The number of piperazine rings is 1. The molecule has 0 radical (unpaired) electrons. The Bertz CT molecular complexity index is 394. The van der Waals surface area contributed by atoms with Gasteiger partial charge in [0.1, 0.15) is 0 Å². The van der Waals surface area contributed by atoms with Crippen LogP contribution >= 0.6 is 12.2 Å². The summed E-state index contributed by atoms with van der Waals surface area (Å²) in [5, 5.41) is 4.18. The molecular weight excluding hydrogens is 242 g/mol. The second kappa shape index (κ2) is 6.16. The molecule has 1 heterocycles. The molecule has 0 bridgehead atoms. The van der Waals surface area contributed by atoms with E-state index in [-0.39, 0.29) is 0 Å². The lowest BCUT2D eigenvalue weighted by Crippen LogP contribution is -3.12. The summed E-state index contributed by atoms with van der Waals surface area (Å²) >= 11 is 5.46. The first-order chi connectivity index (χ1) is 8.69. The molecule has 1 fully saturated rings. The summed E-state index contributed by atoms with van der Waals surface area (Å²) in [5.41, 5.74) is 2.44. The van der Waals surface area contributed by atoms with E-state index in [0.29, 0.717) is 0 Å². The Balaban J connectivity index is 1.90. The predicted molar refractivity (Wildman–Crippen MR) is 80.2 cm³/mol. The van der Waals surface area contributed by atoms with Crippen molar-refractivity contribution in [1.29, 1.82) is 0 Å². The molecular formula is C14H22N3S+. The summed E-state index contributed by atoms with van der Waals surface area (Å²) in [6, 6.07) is 8.51. The van der Waals surface area contributed by atoms with E-state index < -0.39 is 0 Å². The van der Waals surface area contributed by atoms with Crippen LogP contribution in [0.2, 0.25) is 0 Å². The summed E-state index contributed by atoms with van der Waals surface area (Å²) in [6.45, 7) is 6.59. The van der Waals surface area contributed by atoms with E-state index in [1.165, 1.54) is 5.56 Å². The Morgan fingerprint density at radius 1 is 1.28 bits per heavy atom. The SMILES string of the molecule is CCc1ccc(NC(=S)N2CC[NH+](C)CC2)cc1. The molecule has 4 heteroatoms. The van der Waals surface area contributed by atoms with E-state index in [9.17, 15) is 0 Å². The van der Waals surface area contributed by atoms with E-state index in [2.05, 4.69) is 48.5 Å². The highest BCUT2D eigenvalue weighted by Crippen LogP contribution is 2.11. The molecule has 1 saturated heterocycles. The lowest BCUT2D eigenvalue weighted by molar-refractivity contribution is -0.883. The highest BCUT2D eigenvalue weighted by atomic mass is 32.1. The minimum Gasteiger partial charge on any atom is -0.338 e. The van der Waals surface area contributed by atoms with Gasteiger partial charge in [0.25, 0.3) is 0 Å². The maximum absolute atomic E-state index is 5.46. The molecule has 98 valence electrons. The van der Waals surface area contributed by atoms with Crippen molar-refractivity contribution in [2.75, 3.05) is 38.5 Å². The van der Waals surface area contributed by atoms with Gasteiger partial charge in [-0.05, 0) is 36.3 Å².